The van der Waals surface area contributed by atoms with E-state index in [2.05, 4.69) is 4.98 Å². The number of carbonyl (C=O) groups excluding carboxylic acids is 1. The van der Waals surface area contributed by atoms with Gasteiger partial charge in [0.05, 0.1) is 30.1 Å². The van der Waals surface area contributed by atoms with E-state index in [1.165, 1.54) is 36.4 Å². The van der Waals surface area contributed by atoms with Crippen molar-refractivity contribution in [1.29, 1.82) is 5.26 Å². The Kier molecular flexibility index (Phi) is 6.42. The minimum absolute atomic E-state index is 0.133. The van der Waals surface area contributed by atoms with Crippen LogP contribution in [0.5, 0.6) is 17.2 Å². The summed E-state index contributed by atoms with van der Waals surface area (Å²) in [7, 11) is 0. The van der Waals surface area contributed by atoms with Crippen LogP contribution in [0.3, 0.4) is 0 Å². The number of nitrogens with zero attached hydrogens (tertiary/aromatic N) is 2. The van der Waals surface area contributed by atoms with Crippen molar-refractivity contribution in [2.75, 3.05) is 6.61 Å². The molecular formula is C25H17F3N2O5. The summed E-state index contributed by atoms with van der Waals surface area (Å²) in [4.78, 5) is 27.7. The van der Waals surface area contributed by atoms with E-state index in [-0.39, 0.29) is 35.8 Å². The number of nitriles is 1. The number of carbonyl (C=O) groups is 2. The van der Waals surface area contributed by atoms with Gasteiger partial charge in [0.2, 0.25) is 0 Å². The number of halogens is 3. The third kappa shape index (κ3) is 5.24. The fraction of sp³-hybridized carbons (Fsp3) is 0.200. The first-order valence-corrected chi connectivity index (χ1v) is 10.4. The molecule has 1 unspecified atom stereocenters. The molecule has 0 radical (unpaired) electrons. The molecule has 1 N–H and O–H groups in total. The molecule has 1 aliphatic heterocycles. The van der Waals surface area contributed by atoms with Crippen LogP contribution in [0.1, 0.15) is 45.1 Å². The van der Waals surface area contributed by atoms with Crippen LogP contribution in [-0.2, 0) is 17.4 Å². The Morgan fingerprint density at radius 2 is 1.91 bits per heavy atom. The van der Waals surface area contributed by atoms with E-state index in [0.717, 1.165) is 12.1 Å². The molecule has 0 bridgehead atoms. The number of benzene rings is 2. The summed E-state index contributed by atoms with van der Waals surface area (Å²) in [5.74, 6) is -1.30. The summed E-state index contributed by atoms with van der Waals surface area (Å²) in [5.41, 5.74) is 0.158. The normalized spacial score (nSPS) is 14.9. The Morgan fingerprint density at radius 3 is 2.51 bits per heavy atom. The molecule has 4 rings (SSSR count). The molecule has 0 saturated heterocycles. The number of ether oxygens (including phenoxy) is 2. The lowest BCUT2D eigenvalue weighted by atomic mass is 9.91. The van der Waals surface area contributed by atoms with Crippen molar-refractivity contribution in [3.63, 3.8) is 0 Å². The van der Waals surface area contributed by atoms with E-state index in [0.29, 0.717) is 35.2 Å². The summed E-state index contributed by atoms with van der Waals surface area (Å²) in [6, 6.07) is 12.9. The van der Waals surface area contributed by atoms with Crippen molar-refractivity contribution in [2.45, 2.75) is 24.9 Å². The first-order chi connectivity index (χ1) is 16.7. The van der Waals surface area contributed by atoms with E-state index >= 15 is 0 Å². The summed E-state index contributed by atoms with van der Waals surface area (Å²) in [6.07, 6.45) is -3.69. The predicted octanol–water partition coefficient (Wildman–Crippen LogP) is 5.14. The molecule has 0 spiro atoms. The van der Waals surface area contributed by atoms with Crippen LogP contribution in [0.2, 0.25) is 0 Å². The van der Waals surface area contributed by atoms with Gasteiger partial charge in [0.15, 0.2) is 5.78 Å². The van der Waals surface area contributed by atoms with E-state index in [1.54, 1.807) is 0 Å². The van der Waals surface area contributed by atoms with Gasteiger partial charge in [0, 0.05) is 29.1 Å². The molecule has 3 aromatic rings. The Bertz CT molecular complexity index is 1310. The molecule has 2 aromatic carbocycles. The lowest BCUT2D eigenvalue weighted by Gasteiger charge is -2.24. The number of aromatic nitrogens is 1. The fourth-order valence-electron chi connectivity index (χ4n) is 3.64. The average Bonchev–Trinajstić information content (AvgIpc) is 2.83. The summed E-state index contributed by atoms with van der Waals surface area (Å²) in [6.45, 7) is 0.222. The molecule has 7 nitrogen and oxygen atoms in total. The van der Waals surface area contributed by atoms with Crippen molar-refractivity contribution in [3.05, 3.63) is 82.7 Å². The van der Waals surface area contributed by atoms with Gasteiger partial charge >= 0.3 is 12.1 Å². The van der Waals surface area contributed by atoms with Gasteiger partial charge in [-0.2, -0.15) is 18.4 Å². The van der Waals surface area contributed by atoms with Crippen LogP contribution in [0.25, 0.3) is 0 Å². The molecule has 2 heterocycles. The Hall–Kier alpha value is -4.39. The van der Waals surface area contributed by atoms with Crippen LogP contribution >= 0.6 is 0 Å². The molecular weight excluding hydrogens is 465 g/mol. The number of fused-ring (bicyclic) bond motifs is 1. The Labute approximate surface area is 197 Å². The quantitative estimate of drug-likeness (QED) is 0.485. The van der Waals surface area contributed by atoms with E-state index in [1.807, 2.05) is 6.07 Å². The first-order valence-electron chi connectivity index (χ1n) is 10.4. The van der Waals surface area contributed by atoms with Gasteiger partial charge in [0.1, 0.15) is 23.3 Å². The molecule has 0 saturated carbocycles. The molecule has 1 aliphatic rings. The standard InChI is InChI=1S/C25H17F3N2O5/c26-25(27,28)16-3-4-17(30-13-16)10-21(31)14-1-5-18(6-2-14)35-22-11-23-20(9-15(22)12-29)19(24(32)33)7-8-34-23/h1-6,9,11,13,19H,7-8,10H2,(H,32,33). The van der Waals surface area contributed by atoms with Gasteiger partial charge in [-0.15, -0.1) is 0 Å². The molecule has 1 atom stereocenters. The largest absolute Gasteiger partial charge is 0.493 e. The summed E-state index contributed by atoms with van der Waals surface area (Å²) in [5, 5.41) is 18.9. The zero-order chi connectivity index (χ0) is 25.2. The van der Waals surface area contributed by atoms with E-state index in [9.17, 15) is 33.1 Å². The third-order valence-corrected chi connectivity index (χ3v) is 5.47. The maximum absolute atomic E-state index is 12.7. The van der Waals surface area contributed by atoms with Crippen LogP contribution in [0, 0.1) is 11.3 Å². The second kappa shape index (κ2) is 9.46. The first kappa shape index (κ1) is 23.8. The van der Waals surface area contributed by atoms with E-state index in [4.69, 9.17) is 9.47 Å². The van der Waals surface area contributed by atoms with E-state index < -0.39 is 23.6 Å². The number of ketones is 1. The van der Waals surface area contributed by atoms with Crippen molar-refractivity contribution in [1.82, 2.24) is 4.98 Å². The number of alkyl halides is 3. The van der Waals surface area contributed by atoms with Crippen LogP contribution < -0.4 is 9.47 Å². The molecule has 10 heteroatoms. The summed E-state index contributed by atoms with van der Waals surface area (Å²) >= 11 is 0. The predicted molar refractivity (Wildman–Crippen MR) is 115 cm³/mol. The van der Waals surface area contributed by atoms with Crippen LogP contribution in [0.4, 0.5) is 13.2 Å². The minimum atomic E-state index is -4.50. The van der Waals surface area contributed by atoms with Gasteiger partial charge in [0.25, 0.3) is 0 Å². The number of rotatable bonds is 6. The van der Waals surface area contributed by atoms with Crippen molar-refractivity contribution >= 4 is 11.8 Å². The topological polar surface area (TPSA) is 110 Å². The van der Waals surface area contributed by atoms with Crippen molar-refractivity contribution in [2.24, 2.45) is 0 Å². The maximum atomic E-state index is 12.7. The number of aliphatic carboxylic acids is 1. The van der Waals surface area contributed by atoms with Gasteiger partial charge in [-0.3, -0.25) is 14.6 Å². The fourth-order valence-corrected chi connectivity index (χ4v) is 3.64. The number of carboxylic acids is 1. The number of hydrogen-bond acceptors (Lipinski definition) is 6. The zero-order valence-electron chi connectivity index (χ0n) is 18.0. The highest BCUT2D eigenvalue weighted by Crippen LogP contribution is 2.39. The van der Waals surface area contributed by atoms with Crippen molar-refractivity contribution in [3.8, 4) is 23.3 Å². The molecule has 178 valence electrons. The number of hydrogen-bond donors (Lipinski definition) is 1. The van der Waals surface area contributed by atoms with Gasteiger partial charge < -0.3 is 14.6 Å². The average molecular weight is 482 g/mol. The van der Waals surface area contributed by atoms with Gasteiger partial charge in [-0.25, -0.2) is 0 Å². The lowest BCUT2D eigenvalue weighted by molar-refractivity contribution is -0.139. The number of carboxylic acid groups (broad SMARTS) is 1. The Morgan fingerprint density at radius 1 is 1.17 bits per heavy atom. The lowest BCUT2D eigenvalue weighted by Crippen LogP contribution is -2.21. The Balaban J connectivity index is 1.48. The monoisotopic (exact) mass is 482 g/mol. The maximum Gasteiger partial charge on any atom is 0.417 e. The molecule has 0 amide bonds. The minimum Gasteiger partial charge on any atom is -0.493 e. The number of pyridine rings is 1. The van der Waals surface area contributed by atoms with Gasteiger partial charge in [-0.1, -0.05) is 0 Å². The number of Topliss-reactive ketones (excluding diaryl/α,β-unsaturated/α-hetero) is 1. The third-order valence-electron chi connectivity index (χ3n) is 5.47. The second-order valence-electron chi connectivity index (χ2n) is 7.79. The van der Waals surface area contributed by atoms with Crippen LogP contribution in [0.15, 0.2) is 54.7 Å². The SMILES string of the molecule is N#Cc1cc2c(cc1Oc1ccc(C(=O)Cc3ccc(C(F)(F)F)cn3)cc1)OCCC2C(=O)O. The second-order valence-corrected chi connectivity index (χ2v) is 7.79. The molecule has 0 fully saturated rings. The highest BCUT2D eigenvalue weighted by molar-refractivity contribution is 5.97. The van der Waals surface area contributed by atoms with Crippen LogP contribution in [-0.4, -0.2) is 28.4 Å². The highest BCUT2D eigenvalue weighted by atomic mass is 19.4. The van der Waals surface area contributed by atoms with Gasteiger partial charge in [-0.05, 0) is 48.9 Å². The zero-order valence-corrected chi connectivity index (χ0v) is 18.0. The molecule has 35 heavy (non-hydrogen) atoms. The van der Waals surface area contributed by atoms with Crippen molar-refractivity contribution < 1.29 is 37.3 Å². The highest BCUT2D eigenvalue weighted by Gasteiger charge is 2.31. The summed E-state index contributed by atoms with van der Waals surface area (Å²) < 4.78 is 49.3. The smallest absolute Gasteiger partial charge is 0.417 e. The molecule has 1 aromatic heterocycles. The molecule has 0 aliphatic carbocycles.